The predicted molar refractivity (Wildman–Crippen MR) is 60.8 cm³/mol. The van der Waals surface area contributed by atoms with E-state index in [2.05, 4.69) is 4.98 Å². The number of nitrogens with two attached hydrogens (primary N) is 1. The maximum Gasteiger partial charge on any atom is 0.0490 e. The Morgan fingerprint density at radius 2 is 2.29 bits per heavy atom. The van der Waals surface area contributed by atoms with Crippen molar-refractivity contribution in [2.45, 2.75) is 13.3 Å². The molecule has 3 heteroatoms. The molecule has 0 bridgehead atoms. The Bertz CT molecular complexity index is 460. The molecule has 14 heavy (non-hydrogen) atoms. The van der Waals surface area contributed by atoms with E-state index in [-0.39, 0.29) is 0 Å². The van der Waals surface area contributed by atoms with Gasteiger partial charge in [-0.15, -0.1) is 0 Å². The third kappa shape index (κ3) is 1.41. The van der Waals surface area contributed by atoms with Gasteiger partial charge in [0.05, 0.1) is 0 Å². The van der Waals surface area contributed by atoms with Gasteiger partial charge in [0.2, 0.25) is 0 Å². The molecule has 0 spiro atoms. The molecule has 2 nitrogen and oxygen atoms in total. The zero-order valence-electron chi connectivity index (χ0n) is 8.10. The standard InChI is InChI=1S/C11H13ClN2/c1-7-9(2-4-13)11-8(3-5-14-11)6-10(7)12/h3,5-6,14H,2,4,13H2,1H3. The van der Waals surface area contributed by atoms with Crippen LogP contribution in [-0.4, -0.2) is 11.5 Å². The Morgan fingerprint density at radius 3 is 3.00 bits per heavy atom. The summed E-state index contributed by atoms with van der Waals surface area (Å²) in [5.41, 5.74) is 9.11. The molecule has 0 radical (unpaired) electrons. The molecule has 0 aliphatic rings. The van der Waals surface area contributed by atoms with Crippen LogP contribution < -0.4 is 5.73 Å². The third-order valence-electron chi connectivity index (χ3n) is 2.57. The minimum atomic E-state index is 0.648. The fraction of sp³-hybridized carbons (Fsp3) is 0.273. The lowest BCUT2D eigenvalue weighted by molar-refractivity contribution is 0.964. The fourth-order valence-electron chi connectivity index (χ4n) is 1.80. The summed E-state index contributed by atoms with van der Waals surface area (Å²) in [6.45, 7) is 2.68. The molecule has 2 rings (SSSR count). The first-order valence-electron chi connectivity index (χ1n) is 4.69. The number of aromatic nitrogens is 1. The topological polar surface area (TPSA) is 41.8 Å². The monoisotopic (exact) mass is 208 g/mol. The first kappa shape index (κ1) is 9.56. The van der Waals surface area contributed by atoms with Crippen LogP contribution in [-0.2, 0) is 6.42 Å². The van der Waals surface area contributed by atoms with E-state index in [0.717, 1.165) is 27.9 Å². The molecule has 0 fully saturated rings. The normalized spacial score (nSPS) is 11.1. The van der Waals surface area contributed by atoms with Gasteiger partial charge in [-0.3, -0.25) is 0 Å². The Kier molecular flexibility index (Phi) is 2.48. The molecule has 3 N–H and O–H groups in total. The molecular weight excluding hydrogens is 196 g/mol. The van der Waals surface area contributed by atoms with Crippen LogP contribution in [0.1, 0.15) is 11.1 Å². The molecule has 0 atom stereocenters. The van der Waals surface area contributed by atoms with Crippen LogP contribution in [0.4, 0.5) is 0 Å². The lowest BCUT2D eigenvalue weighted by Gasteiger charge is -2.08. The quantitative estimate of drug-likeness (QED) is 0.783. The van der Waals surface area contributed by atoms with Crippen LogP contribution in [0.3, 0.4) is 0 Å². The average molecular weight is 209 g/mol. The molecule has 0 saturated carbocycles. The summed E-state index contributed by atoms with van der Waals surface area (Å²) in [6, 6.07) is 4.02. The first-order chi connectivity index (χ1) is 6.74. The SMILES string of the molecule is Cc1c(Cl)cc2cc[nH]c2c1CCN. The summed E-state index contributed by atoms with van der Waals surface area (Å²) < 4.78 is 0. The van der Waals surface area contributed by atoms with Gasteiger partial charge in [-0.1, -0.05) is 11.6 Å². The number of fused-ring (bicyclic) bond motifs is 1. The number of halogens is 1. The number of hydrogen-bond acceptors (Lipinski definition) is 1. The number of H-pyrrole nitrogens is 1. The zero-order chi connectivity index (χ0) is 10.1. The van der Waals surface area contributed by atoms with Crippen LogP contribution >= 0.6 is 11.6 Å². The smallest absolute Gasteiger partial charge is 0.0490 e. The summed E-state index contributed by atoms with van der Waals surface area (Å²) in [7, 11) is 0. The summed E-state index contributed by atoms with van der Waals surface area (Å²) in [4.78, 5) is 3.23. The van der Waals surface area contributed by atoms with Crippen molar-refractivity contribution in [3.8, 4) is 0 Å². The van der Waals surface area contributed by atoms with Crippen molar-refractivity contribution >= 4 is 22.5 Å². The molecule has 0 aliphatic heterocycles. The highest BCUT2D eigenvalue weighted by molar-refractivity contribution is 6.32. The number of aromatic amines is 1. The number of hydrogen-bond donors (Lipinski definition) is 2. The van der Waals surface area contributed by atoms with E-state index in [4.69, 9.17) is 17.3 Å². The third-order valence-corrected chi connectivity index (χ3v) is 2.96. The lowest BCUT2D eigenvalue weighted by atomic mass is 10.0. The molecule has 2 aromatic rings. The zero-order valence-corrected chi connectivity index (χ0v) is 8.86. The minimum absolute atomic E-state index is 0.648. The van der Waals surface area contributed by atoms with Crippen LogP contribution in [0.25, 0.3) is 10.9 Å². The Balaban J connectivity index is 2.73. The van der Waals surface area contributed by atoms with Crippen LogP contribution in [0.15, 0.2) is 18.3 Å². The van der Waals surface area contributed by atoms with Crippen molar-refractivity contribution in [3.63, 3.8) is 0 Å². The molecule has 74 valence electrons. The van der Waals surface area contributed by atoms with E-state index >= 15 is 0 Å². The van der Waals surface area contributed by atoms with E-state index < -0.39 is 0 Å². The van der Waals surface area contributed by atoms with Gasteiger partial charge in [0.1, 0.15) is 0 Å². The van der Waals surface area contributed by atoms with Crippen molar-refractivity contribution in [2.24, 2.45) is 5.73 Å². The summed E-state index contributed by atoms with van der Waals surface area (Å²) in [6.07, 6.45) is 2.80. The fourth-order valence-corrected chi connectivity index (χ4v) is 2.03. The number of benzene rings is 1. The van der Waals surface area contributed by atoms with Gasteiger partial charge in [0.15, 0.2) is 0 Å². The summed E-state index contributed by atoms with van der Waals surface area (Å²) in [5, 5.41) is 1.98. The Hall–Kier alpha value is -0.990. The maximum atomic E-state index is 6.13. The van der Waals surface area contributed by atoms with Gasteiger partial charge in [-0.25, -0.2) is 0 Å². The van der Waals surface area contributed by atoms with E-state index in [1.807, 2.05) is 25.3 Å². The highest BCUT2D eigenvalue weighted by Crippen LogP contribution is 2.27. The molecule has 0 saturated heterocycles. The Labute approximate surface area is 88.1 Å². The highest BCUT2D eigenvalue weighted by Gasteiger charge is 2.08. The first-order valence-corrected chi connectivity index (χ1v) is 5.07. The second kappa shape index (κ2) is 3.64. The molecular formula is C11H13ClN2. The van der Waals surface area contributed by atoms with Crippen molar-refractivity contribution in [1.82, 2.24) is 4.98 Å². The van der Waals surface area contributed by atoms with Crippen molar-refractivity contribution in [2.75, 3.05) is 6.54 Å². The predicted octanol–water partition coefficient (Wildman–Crippen LogP) is 2.63. The summed E-state index contributed by atoms with van der Waals surface area (Å²) in [5.74, 6) is 0. The lowest BCUT2D eigenvalue weighted by Crippen LogP contribution is -2.05. The van der Waals surface area contributed by atoms with Gasteiger partial charge in [-0.05, 0) is 43.1 Å². The molecule has 0 unspecified atom stereocenters. The van der Waals surface area contributed by atoms with Gasteiger partial charge < -0.3 is 10.7 Å². The van der Waals surface area contributed by atoms with E-state index in [0.29, 0.717) is 6.54 Å². The van der Waals surface area contributed by atoms with E-state index in [1.165, 1.54) is 5.56 Å². The molecule has 0 aliphatic carbocycles. The Morgan fingerprint density at radius 1 is 1.50 bits per heavy atom. The maximum absolute atomic E-state index is 6.13. The highest BCUT2D eigenvalue weighted by atomic mass is 35.5. The minimum Gasteiger partial charge on any atom is -0.361 e. The van der Waals surface area contributed by atoms with Gasteiger partial charge in [0, 0.05) is 22.1 Å². The molecule has 1 heterocycles. The van der Waals surface area contributed by atoms with Crippen molar-refractivity contribution < 1.29 is 0 Å². The van der Waals surface area contributed by atoms with Gasteiger partial charge in [-0.2, -0.15) is 0 Å². The summed E-state index contributed by atoms with van der Waals surface area (Å²) >= 11 is 6.13. The average Bonchev–Trinajstić information content (AvgIpc) is 2.60. The van der Waals surface area contributed by atoms with Crippen LogP contribution in [0.5, 0.6) is 0 Å². The second-order valence-corrected chi connectivity index (χ2v) is 3.85. The van der Waals surface area contributed by atoms with Crippen LogP contribution in [0, 0.1) is 6.92 Å². The van der Waals surface area contributed by atoms with Gasteiger partial charge >= 0.3 is 0 Å². The second-order valence-electron chi connectivity index (χ2n) is 3.44. The number of rotatable bonds is 2. The van der Waals surface area contributed by atoms with E-state index in [1.54, 1.807) is 0 Å². The molecule has 1 aromatic heterocycles. The van der Waals surface area contributed by atoms with Gasteiger partial charge in [0.25, 0.3) is 0 Å². The van der Waals surface area contributed by atoms with E-state index in [9.17, 15) is 0 Å². The molecule has 1 aromatic carbocycles. The number of nitrogens with one attached hydrogen (secondary N) is 1. The van der Waals surface area contributed by atoms with Crippen LogP contribution in [0.2, 0.25) is 5.02 Å². The van der Waals surface area contributed by atoms with Crippen molar-refractivity contribution in [1.29, 1.82) is 0 Å². The largest absolute Gasteiger partial charge is 0.361 e. The molecule has 0 amide bonds. The van der Waals surface area contributed by atoms with Crippen molar-refractivity contribution in [3.05, 3.63) is 34.5 Å².